The molecule has 128 valence electrons. The van der Waals surface area contributed by atoms with E-state index in [0.717, 1.165) is 49.0 Å². The van der Waals surface area contributed by atoms with Crippen LogP contribution in [0.2, 0.25) is 0 Å². The maximum absolute atomic E-state index is 12.5. The van der Waals surface area contributed by atoms with E-state index in [2.05, 4.69) is 22.4 Å². The molecule has 0 aliphatic carbocycles. The zero-order valence-electron chi connectivity index (χ0n) is 14.7. The zero-order chi connectivity index (χ0) is 17.2. The summed E-state index contributed by atoms with van der Waals surface area (Å²) >= 11 is 1.69. The van der Waals surface area contributed by atoms with Gasteiger partial charge in [-0.1, -0.05) is 51.1 Å². The first kappa shape index (κ1) is 17.0. The van der Waals surface area contributed by atoms with Crippen LogP contribution in [0, 0.1) is 5.41 Å². The van der Waals surface area contributed by atoms with E-state index in [1.54, 1.807) is 11.3 Å². The van der Waals surface area contributed by atoms with Gasteiger partial charge in [-0.25, -0.2) is 4.98 Å². The first-order valence-electron chi connectivity index (χ1n) is 8.50. The summed E-state index contributed by atoms with van der Waals surface area (Å²) in [7, 11) is 0. The van der Waals surface area contributed by atoms with Gasteiger partial charge in [0.05, 0.1) is 5.69 Å². The van der Waals surface area contributed by atoms with E-state index in [9.17, 15) is 4.79 Å². The monoisotopic (exact) mass is 343 g/mol. The summed E-state index contributed by atoms with van der Waals surface area (Å²) in [5.74, 6) is 0.244. The summed E-state index contributed by atoms with van der Waals surface area (Å²) in [6.45, 7) is 9.39. The summed E-state index contributed by atoms with van der Waals surface area (Å²) in [5.41, 5.74) is 1.87. The second kappa shape index (κ2) is 6.93. The zero-order valence-corrected chi connectivity index (χ0v) is 15.5. The molecule has 2 heterocycles. The van der Waals surface area contributed by atoms with Crippen LogP contribution in [0.4, 0.5) is 5.13 Å². The fourth-order valence-electron chi connectivity index (χ4n) is 2.94. The van der Waals surface area contributed by atoms with Crippen LogP contribution in [-0.4, -0.2) is 42.0 Å². The molecule has 1 aromatic heterocycles. The van der Waals surface area contributed by atoms with Gasteiger partial charge in [0.25, 0.3) is 0 Å². The Labute approximate surface area is 148 Å². The first-order valence-corrected chi connectivity index (χ1v) is 9.38. The molecule has 1 amide bonds. The highest BCUT2D eigenvalue weighted by molar-refractivity contribution is 7.14. The molecule has 0 spiro atoms. The minimum absolute atomic E-state index is 0.244. The highest BCUT2D eigenvalue weighted by Gasteiger charge is 2.29. The smallest absolute Gasteiger partial charge is 0.228 e. The van der Waals surface area contributed by atoms with E-state index in [1.807, 2.05) is 43.9 Å². The van der Waals surface area contributed by atoms with E-state index < -0.39 is 0 Å². The Balaban J connectivity index is 1.69. The topological polar surface area (TPSA) is 36.4 Å². The van der Waals surface area contributed by atoms with Gasteiger partial charge in [0.1, 0.15) is 0 Å². The standard InChI is InChI=1S/C19H25N3OS/c1-19(2,3)17(23)21-10-7-11-22(13-12-21)18-20-16(14-24-18)15-8-5-4-6-9-15/h4-6,8-9,14H,7,10-13H2,1-3H3. The summed E-state index contributed by atoms with van der Waals surface area (Å²) in [4.78, 5) is 21.6. The van der Waals surface area contributed by atoms with E-state index in [-0.39, 0.29) is 11.3 Å². The molecule has 24 heavy (non-hydrogen) atoms. The molecule has 1 aliphatic heterocycles. The van der Waals surface area contributed by atoms with Crippen molar-refractivity contribution in [3.8, 4) is 11.3 Å². The number of hydrogen-bond donors (Lipinski definition) is 0. The van der Waals surface area contributed by atoms with Gasteiger partial charge in [-0.2, -0.15) is 0 Å². The minimum atomic E-state index is -0.309. The molecule has 0 bridgehead atoms. The molecule has 0 atom stereocenters. The Morgan fingerprint density at radius 3 is 2.54 bits per heavy atom. The van der Waals surface area contributed by atoms with Crippen LogP contribution >= 0.6 is 11.3 Å². The van der Waals surface area contributed by atoms with Crippen molar-refractivity contribution in [3.63, 3.8) is 0 Å². The number of anilines is 1. The summed E-state index contributed by atoms with van der Waals surface area (Å²) < 4.78 is 0. The third-order valence-electron chi connectivity index (χ3n) is 4.26. The molecule has 0 unspecified atom stereocenters. The molecule has 3 rings (SSSR count). The molecule has 1 aliphatic rings. The van der Waals surface area contributed by atoms with Crippen molar-refractivity contribution in [1.82, 2.24) is 9.88 Å². The van der Waals surface area contributed by atoms with Crippen molar-refractivity contribution in [1.29, 1.82) is 0 Å². The van der Waals surface area contributed by atoms with Crippen molar-refractivity contribution in [3.05, 3.63) is 35.7 Å². The van der Waals surface area contributed by atoms with Crippen LogP contribution in [-0.2, 0) is 4.79 Å². The molecule has 1 fully saturated rings. The lowest BCUT2D eigenvalue weighted by Gasteiger charge is -2.28. The number of nitrogens with zero attached hydrogens (tertiary/aromatic N) is 3. The largest absolute Gasteiger partial charge is 0.346 e. The summed E-state index contributed by atoms with van der Waals surface area (Å²) in [6.07, 6.45) is 0.988. The Bertz CT molecular complexity index is 690. The van der Waals surface area contributed by atoms with Gasteiger partial charge in [-0.3, -0.25) is 4.79 Å². The normalized spacial score (nSPS) is 16.1. The van der Waals surface area contributed by atoms with Gasteiger partial charge >= 0.3 is 0 Å². The van der Waals surface area contributed by atoms with Crippen molar-refractivity contribution in [2.24, 2.45) is 5.41 Å². The highest BCUT2D eigenvalue weighted by atomic mass is 32.1. The second-order valence-electron chi connectivity index (χ2n) is 7.26. The second-order valence-corrected chi connectivity index (χ2v) is 8.10. The van der Waals surface area contributed by atoms with Gasteiger partial charge in [-0.15, -0.1) is 11.3 Å². The Hall–Kier alpha value is -1.88. The number of aromatic nitrogens is 1. The van der Waals surface area contributed by atoms with Crippen molar-refractivity contribution < 1.29 is 4.79 Å². The van der Waals surface area contributed by atoms with Crippen LogP contribution in [0.25, 0.3) is 11.3 Å². The van der Waals surface area contributed by atoms with Gasteiger partial charge in [0.15, 0.2) is 5.13 Å². The average Bonchev–Trinajstić information content (AvgIpc) is 2.93. The molecule has 0 N–H and O–H groups in total. The maximum Gasteiger partial charge on any atom is 0.228 e. The van der Waals surface area contributed by atoms with Gasteiger partial charge in [0.2, 0.25) is 5.91 Å². The van der Waals surface area contributed by atoms with Crippen molar-refractivity contribution >= 4 is 22.4 Å². The number of carbonyl (C=O) groups excluding carboxylic acids is 1. The van der Waals surface area contributed by atoms with Crippen LogP contribution in [0.5, 0.6) is 0 Å². The fourth-order valence-corrected chi connectivity index (χ4v) is 3.83. The Morgan fingerprint density at radius 2 is 1.83 bits per heavy atom. The van der Waals surface area contributed by atoms with Gasteiger partial charge in [-0.05, 0) is 6.42 Å². The van der Waals surface area contributed by atoms with E-state index in [4.69, 9.17) is 4.98 Å². The Kier molecular flexibility index (Phi) is 4.90. The van der Waals surface area contributed by atoms with E-state index in [0.29, 0.717) is 0 Å². The van der Waals surface area contributed by atoms with Crippen LogP contribution < -0.4 is 4.90 Å². The summed E-state index contributed by atoms with van der Waals surface area (Å²) in [6, 6.07) is 10.3. The molecule has 0 saturated carbocycles. The minimum Gasteiger partial charge on any atom is -0.346 e. The van der Waals surface area contributed by atoms with Crippen molar-refractivity contribution in [2.45, 2.75) is 27.2 Å². The molecule has 0 radical (unpaired) electrons. The quantitative estimate of drug-likeness (QED) is 0.830. The Morgan fingerprint density at radius 1 is 1.08 bits per heavy atom. The predicted octanol–water partition coefficient (Wildman–Crippen LogP) is 3.89. The molecule has 1 aromatic carbocycles. The van der Waals surface area contributed by atoms with Gasteiger partial charge in [0, 0.05) is 42.5 Å². The van der Waals surface area contributed by atoms with Crippen LogP contribution in [0.3, 0.4) is 0 Å². The fraction of sp³-hybridized carbons (Fsp3) is 0.474. The predicted molar refractivity (Wildman–Crippen MR) is 100 cm³/mol. The van der Waals surface area contributed by atoms with E-state index in [1.165, 1.54) is 0 Å². The lowest BCUT2D eigenvalue weighted by atomic mass is 9.94. The number of benzene rings is 1. The molecule has 1 saturated heterocycles. The molecular weight excluding hydrogens is 318 g/mol. The lowest BCUT2D eigenvalue weighted by molar-refractivity contribution is -0.139. The van der Waals surface area contributed by atoms with Crippen LogP contribution in [0.1, 0.15) is 27.2 Å². The number of hydrogen-bond acceptors (Lipinski definition) is 4. The van der Waals surface area contributed by atoms with E-state index >= 15 is 0 Å². The van der Waals surface area contributed by atoms with Gasteiger partial charge < -0.3 is 9.80 Å². The molecule has 4 nitrogen and oxygen atoms in total. The number of thiazole rings is 1. The highest BCUT2D eigenvalue weighted by Crippen LogP contribution is 2.28. The molecule has 2 aromatic rings. The third-order valence-corrected chi connectivity index (χ3v) is 5.16. The number of carbonyl (C=O) groups is 1. The van der Waals surface area contributed by atoms with Crippen LogP contribution in [0.15, 0.2) is 35.7 Å². The average molecular weight is 343 g/mol. The SMILES string of the molecule is CC(C)(C)C(=O)N1CCCN(c2nc(-c3ccccc3)cs2)CC1. The summed E-state index contributed by atoms with van der Waals surface area (Å²) in [5, 5.41) is 3.17. The number of amides is 1. The third kappa shape index (κ3) is 3.78. The molecular formula is C19H25N3OS. The maximum atomic E-state index is 12.5. The first-order chi connectivity index (χ1) is 11.4. The lowest BCUT2D eigenvalue weighted by Crippen LogP contribution is -2.41. The van der Waals surface area contributed by atoms with Crippen molar-refractivity contribution in [2.75, 3.05) is 31.1 Å². The number of rotatable bonds is 2. The molecule has 5 heteroatoms.